The normalized spacial score (nSPS) is 52.2. The van der Waals surface area contributed by atoms with Crippen LogP contribution >= 0.6 is 0 Å². The molecule has 0 radical (unpaired) electrons. The summed E-state index contributed by atoms with van der Waals surface area (Å²) in [6.07, 6.45) is 4.39. The fourth-order valence-corrected chi connectivity index (χ4v) is 2.93. The first-order valence-electron chi connectivity index (χ1n) is 4.51. The maximum absolute atomic E-state index is 5.64. The predicted molar refractivity (Wildman–Crippen MR) is 42.5 cm³/mol. The molecule has 3 unspecified atom stereocenters. The lowest BCUT2D eigenvalue weighted by Crippen LogP contribution is -2.37. The number of nitrogens with two attached hydrogens (primary N) is 1. The van der Waals surface area contributed by atoms with Crippen molar-refractivity contribution >= 4 is 0 Å². The lowest BCUT2D eigenvalue weighted by molar-refractivity contribution is 0.111. The Bertz CT molecular complexity index is 129. The van der Waals surface area contributed by atoms with Gasteiger partial charge in [-0.05, 0) is 49.5 Å². The fourth-order valence-electron chi connectivity index (χ4n) is 2.93. The third-order valence-corrected chi connectivity index (χ3v) is 3.50. The van der Waals surface area contributed by atoms with Gasteiger partial charge in [0.1, 0.15) is 0 Å². The molecule has 2 fully saturated rings. The maximum Gasteiger partial charge on any atom is -0.00460 e. The maximum atomic E-state index is 5.64. The zero-order chi connectivity index (χ0) is 7.14. The smallest absolute Gasteiger partial charge is 0.00460 e. The van der Waals surface area contributed by atoms with E-state index in [1.165, 1.54) is 19.3 Å². The summed E-state index contributed by atoms with van der Waals surface area (Å²) in [6, 6.07) is 0. The minimum Gasteiger partial charge on any atom is -0.330 e. The monoisotopic (exact) mass is 139 g/mol. The van der Waals surface area contributed by atoms with E-state index in [0.29, 0.717) is 0 Å². The van der Waals surface area contributed by atoms with Crippen LogP contribution in [0.4, 0.5) is 0 Å². The standard InChI is InChI=1S/C9H17N/c1-6-2-7-4-8(5-10)9(7)3-6/h6-9H,2-5,10H2,1H3/t6?,7?,8?,9-/m1/s1. The molecule has 0 saturated heterocycles. The van der Waals surface area contributed by atoms with Gasteiger partial charge in [-0.2, -0.15) is 0 Å². The molecule has 0 aromatic heterocycles. The van der Waals surface area contributed by atoms with Crippen LogP contribution in [0, 0.1) is 23.7 Å². The van der Waals surface area contributed by atoms with E-state index >= 15 is 0 Å². The molecule has 0 heterocycles. The fraction of sp³-hybridized carbons (Fsp3) is 1.00. The average molecular weight is 139 g/mol. The zero-order valence-electron chi connectivity index (χ0n) is 6.72. The van der Waals surface area contributed by atoms with Crippen LogP contribution in [0.1, 0.15) is 26.2 Å². The Kier molecular flexibility index (Phi) is 1.48. The molecule has 0 aliphatic heterocycles. The molecule has 2 N–H and O–H groups in total. The van der Waals surface area contributed by atoms with E-state index in [-0.39, 0.29) is 0 Å². The van der Waals surface area contributed by atoms with Crippen molar-refractivity contribution in [3.63, 3.8) is 0 Å². The molecule has 10 heavy (non-hydrogen) atoms. The highest BCUT2D eigenvalue weighted by Gasteiger charge is 2.45. The van der Waals surface area contributed by atoms with Gasteiger partial charge in [-0.15, -0.1) is 0 Å². The third-order valence-electron chi connectivity index (χ3n) is 3.50. The second-order valence-corrected chi connectivity index (χ2v) is 4.23. The summed E-state index contributed by atoms with van der Waals surface area (Å²) in [4.78, 5) is 0. The molecular weight excluding hydrogens is 122 g/mol. The molecule has 0 amide bonds. The van der Waals surface area contributed by atoms with Crippen molar-refractivity contribution in [3.8, 4) is 0 Å². The van der Waals surface area contributed by atoms with Gasteiger partial charge in [-0.3, -0.25) is 0 Å². The summed E-state index contributed by atoms with van der Waals surface area (Å²) in [7, 11) is 0. The van der Waals surface area contributed by atoms with Crippen LogP contribution in [0.5, 0.6) is 0 Å². The first kappa shape index (κ1) is 6.66. The molecule has 1 nitrogen and oxygen atoms in total. The van der Waals surface area contributed by atoms with Gasteiger partial charge in [0, 0.05) is 0 Å². The Morgan fingerprint density at radius 1 is 1.30 bits per heavy atom. The van der Waals surface area contributed by atoms with Crippen LogP contribution in [0.25, 0.3) is 0 Å². The van der Waals surface area contributed by atoms with Gasteiger partial charge in [0.2, 0.25) is 0 Å². The van der Waals surface area contributed by atoms with Crippen LogP contribution in [-0.2, 0) is 0 Å². The van der Waals surface area contributed by atoms with E-state index in [0.717, 1.165) is 30.2 Å². The topological polar surface area (TPSA) is 26.0 Å². The van der Waals surface area contributed by atoms with Crippen molar-refractivity contribution in [2.75, 3.05) is 6.54 Å². The minimum absolute atomic E-state index is 0.898. The van der Waals surface area contributed by atoms with Crippen molar-refractivity contribution in [1.82, 2.24) is 0 Å². The molecule has 2 aliphatic rings. The van der Waals surface area contributed by atoms with Crippen molar-refractivity contribution in [2.45, 2.75) is 26.2 Å². The van der Waals surface area contributed by atoms with Gasteiger partial charge in [-0.25, -0.2) is 0 Å². The highest BCUT2D eigenvalue weighted by Crippen LogP contribution is 2.52. The van der Waals surface area contributed by atoms with Crippen molar-refractivity contribution < 1.29 is 0 Å². The molecular formula is C9H17N. The molecule has 0 bridgehead atoms. The lowest BCUT2D eigenvalue weighted by atomic mass is 9.67. The molecule has 58 valence electrons. The summed E-state index contributed by atoms with van der Waals surface area (Å²) >= 11 is 0. The molecule has 0 aromatic rings. The first-order valence-corrected chi connectivity index (χ1v) is 4.51. The van der Waals surface area contributed by atoms with E-state index in [1.54, 1.807) is 0 Å². The largest absolute Gasteiger partial charge is 0.330 e. The molecule has 0 spiro atoms. The zero-order valence-corrected chi connectivity index (χ0v) is 6.72. The molecule has 2 aliphatic carbocycles. The third kappa shape index (κ3) is 0.800. The van der Waals surface area contributed by atoms with Crippen LogP contribution in [0.15, 0.2) is 0 Å². The highest BCUT2D eigenvalue weighted by molar-refractivity contribution is 4.95. The number of hydrogen-bond acceptors (Lipinski definition) is 1. The Morgan fingerprint density at radius 2 is 2.10 bits per heavy atom. The van der Waals surface area contributed by atoms with Gasteiger partial charge in [-0.1, -0.05) is 6.92 Å². The Hall–Kier alpha value is -0.0400. The van der Waals surface area contributed by atoms with Gasteiger partial charge >= 0.3 is 0 Å². The van der Waals surface area contributed by atoms with E-state index < -0.39 is 0 Å². The predicted octanol–water partition coefficient (Wildman–Crippen LogP) is 1.63. The highest BCUT2D eigenvalue weighted by atomic mass is 14.6. The quantitative estimate of drug-likeness (QED) is 0.587. The lowest BCUT2D eigenvalue weighted by Gasteiger charge is -2.39. The first-order chi connectivity index (χ1) is 4.81. The Morgan fingerprint density at radius 3 is 2.70 bits per heavy atom. The van der Waals surface area contributed by atoms with Gasteiger partial charge in [0.15, 0.2) is 0 Å². The van der Waals surface area contributed by atoms with E-state index in [2.05, 4.69) is 6.92 Å². The van der Waals surface area contributed by atoms with Crippen LogP contribution in [0.2, 0.25) is 0 Å². The summed E-state index contributed by atoms with van der Waals surface area (Å²) < 4.78 is 0. The SMILES string of the molecule is CC1CC2CC(CN)[C@@H]2C1. The van der Waals surface area contributed by atoms with Gasteiger partial charge in [0.05, 0.1) is 0 Å². The summed E-state index contributed by atoms with van der Waals surface area (Å²) in [5.74, 6) is 3.99. The average Bonchev–Trinajstić information content (AvgIpc) is 2.15. The van der Waals surface area contributed by atoms with Gasteiger partial charge < -0.3 is 5.73 Å². The van der Waals surface area contributed by atoms with Crippen LogP contribution in [0.3, 0.4) is 0 Å². The molecule has 4 atom stereocenters. The minimum atomic E-state index is 0.898. The number of hydrogen-bond donors (Lipinski definition) is 1. The molecule has 0 aromatic carbocycles. The molecule has 1 heteroatoms. The molecule has 2 saturated carbocycles. The summed E-state index contributed by atoms with van der Waals surface area (Å²) in [5.41, 5.74) is 5.64. The second kappa shape index (κ2) is 2.23. The van der Waals surface area contributed by atoms with Crippen molar-refractivity contribution in [2.24, 2.45) is 29.4 Å². The Balaban J connectivity index is 1.93. The van der Waals surface area contributed by atoms with E-state index in [9.17, 15) is 0 Å². The number of fused-ring (bicyclic) bond motifs is 1. The van der Waals surface area contributed by atoms with Crippen molar-refractivity contribution in [1.29, 1.82) is 0 Å². The van der Waals surface area contributed by atoms with Crippen LogP contribution < -0.4 is 5.73 Å². The van der Waals surface area contributed by atoms with Crippen molar-refractivity contribution in [3.05, 3.63) is 0 Å². The number of rotatable bonds is 1. The summed E-state index contributed by atoms with van der Waals surface area (Å²) in [5, 5.41) is 0. The Labute approximate surface area is 63.0 Å². The van der Waals surface area contributed by atoms with Crippen LogP contribution in [-0.4, -0.2) is 6.54 Å². The van der Waals surface area contributed by atoms with E-state index in [4.69, 9.17) is 5.73 Å². The summed E-state index contributed by atoms with van der Waals surface area (Å²) in [6.45, 7) is 3.32. The second-order valence-electron chi connectivity index (χ2n) is 4.23. The van der Waals surface area contributed by atoms with E-state index in [1.807, 2.05) is 0 Å². The van der Waals surface area contributed by atoms with Gasteiger partial charge in [0.25, 0.3) is 0 Å². The molecule has 2 rings (SSSR count).